The summed E-state index contributed by atoms with van der Waals surface area (Å²) in [6.45, 7) is 4.80. The Labute approximate surface area is 197 Å². The highest BCUT2D eigenvalue weighted by Gasteiger charge is 2.40. The van der Waals surface area contributed by atoms with Gasteiger partial charge in [-0.05, 0) is 61.1 Å². The summed E-state index contributed by atoms with van der Waals surface area (Å²) in [5.41, 5.74) is 8.01. The van der Waals surface area contributed by atoms with Crippen LogP contribution >= 0.6 is 0 Å². The Kier molecular flexibility index (Phi) is 3.27. The maximum absolute atomic E-state index is 3.89. The van der Waals surface area contributed by atoms with Crippen molar-refractivity contribution in [2.75, 3.05) is 0 Å². The summed E-state index contributed by atoms with van der Waals surface area (Å²) in [6, 6.07) is 35.8. The van der Waals surface area contributed by atoms with Gasteiger partial charge in [0.2, 0.25) is 0 Å². The Morgan fingerprint density at radius 1 is 0.559 bits per heavy atom. The molecule has 1 aromatic heterocycles. The fraction of sp³-hybridized carbons (Fsp3) is 0.0909. The van der Waals surface area contributed by atoms with Crippen LogP contribution in [0.5, 0.6) is 0 Å². The van der Waals surface area contributed by atoms with Gasteiger partial charge in [-0.3, -0.25) is 0 Å². The molecule has 1 aliphatic rings. The van der Waals surface area contributed by atoms with Crippen LogP contribution in [0, 0.1) is 0 Å². The number of hydrogen-bond donors (Lipinski definition) is 1. The van der Waals surface area contributed by atoms with Gasteiger partial charge in [-0.2, -0.15) is 0 Å². The van der Waals surface area contributed by atoms with E-state index in [0.29, 0.717) is 0 Å². The Morgan fingerprint density at radius 3 is 2.00 bits per heavy atom. The molecule has 0 bridgehead atoms. The van der Waals surface area contributed by atoms with Crippen molar-refractivity contribution >= 4 is 54.1 Å². The first kappa shape index (κ1) is 18.3. The van der Waals surface area contributed by atoms with Crippen LogP contribution in [0.1, 0.15) is 25.0 Å². The molecule has 0 amide bonds. The lowest BCUT2D eigenvalue weighted by molar-refractivity contribution is 0.672. The standard InChI is InChI=1S/C33H23N/c1-33(2)30-22-12-6-5-9-19(22)15-16-25(30)29-31(33)24-14-8-7-13-23(24)28-26-17-20-10-3-4-11-21(20)18-27(26)34-32(28)29/h3-18,34H,1-2H3. The molecule has 1 aliphatic carbocycles. The van der Waals surface area contributed by atoms with Gasteiger partial charge in [0.05, 0.1) is 5.52 Å². The molecule has 0 saturated heterocycles. The van der Waals surface area contributed by atoms with Crippen LogP contribution in [-0.2, 0) is 5.41 Å². The topological polar surface area (TPSA) is 15.8 Å². The number of benzene rings is 6. The molecule has 1 heterocycles. The largest absolute Gasteiger partial charge is 0.354 e. The number of fused-ring (bicyclic) bond motifs is 13. The van der Waals surface area contributed by atoms with E-state index in [2.05, 4.69) is 116 Å². The van der Waals surface area contributed by atoms with Gasteiger partial charge in [-0.1, -0.05) is 98.8 Å². The minimum atomic E-state index is -0.0959. The maximum atomic E-state index is 3.89. The van der Waals surface area contributed by atoms with Crippen LogP contribution in [0.4, 0.5) is 0 Å². The second-order valence-corrected chi connectivity index (χ2v) is 10.2. The summed E-state index contributed by atoms with van der Waals surface area (Å²) in [5.74, 6) is 0. The fourth-order valence-electron chi connectivity index (χ4n) is 6.73. The van der Waals surface area contributed by atoms with E-state index in [1.54, 1.807) is 0 Å². The van der Waals surface area contributed by atoms with E-state index in [-0.39, 0.29) is 5.41 Å². The quantitative estimate of drug-likeness (QED) is 0.245. The molecule has 160 valence electrons. The average Bonchev–Trinajstić information content (AvgIpc) is 3.35. The van der Waals surface area contributed by atoms with Gasteiger partial charge < -0.3 is 4.98 Å². The molecule has 0 radical (unpaired) electrons. The van der Waals surface area contributed by atoms with E-state index in [9.17, 15) is 0 Å². The lowest BCUT2D eigenvalue weighted by Gasteiger charge is -2.25. The molecule has 0 atom stereocenters. The normalized spacial score (nSPS) is 14.4. The third-order valence-corrected chi connectivity index (χ3v) is 8.08. The van der Waals surface area contributed by atoms with Crippen LogP contribution in [0.15, 0.2) is 97.1 Å². The van der Waals surface area contributed by atoms with Crippen LogP contribution in [-0.4, -0.2) is 4.98 Å². The van der Waals surface area contributed by atoms with E-state index in [4.69, 9.17) is 0 Å². The molecule has 0 saturated carbocycles. The summed E-state index contributed by atoms with van der Waals surface area (Å²) in [6.07, 6.45) is 0. The average molecular weight is 434 g/mol. The molecular formula is C33H23N. The number of aromatic nitrogens is 1. The molecule has 34 heavy (non-hydrogen) atoms. The van der Waals surface area contributed by atoms with Gasteiger partial charge in [-0.15, -0.1) is 0 Å². The lowest BCUT2D eigenvalue weighted by atomic mass is 9.78. The first-order chi connectivity index (χ1) is 16.6. The molecule has 0 spiro atoms. The highest BCUT2D eigenvalue weighted by atomic mass is 14.7. The molecule has 7 aromatic rings. The zero-order chi connectivity index (χ0) is 22.6. The zero-order valence-electron chi connectivity index (χ0n) is 19.2. The van der Waals surface area contributed by atoms with Crippen molar-refractivity contribution in [3.8, 4) is 11.1 Å². The zero-order valence-corrected chi connectivity index (χ0v) is 19.2. The first-order valence-corrected chi connectivity index (χ1v) is 12.0. The van der Waals surface area contributed by atoms with Crippen molar-refractivity contribution in [2.24, 2.45) is 0 Å². The SMILES string of the molecule is CC1(C)c2c(ccc3ccccc23)-c2c1c1ccccc1c1c2[nH]c2cc3ccccc3cc21. The smallest absolute Gasteiger partial charge is 0.0554 e. The molecular weight excluding hydrogens is 410 g/mol. The van der Waals surface area contributed by atoms with E-state index >= 15 is 0 Å². The van der Waals surface area contributed by atoms with Crippen molar-refractivity contribution in [1.82, 2.24) is 4.98 Å². The molecule has 6 aromatic carbocycles. The van der Waals surface area contributed by atoms with E-state index < -0.39 is 0 Å². The predicted octanol–water partition coefficient (Wildman–Crippen LogP) is 9.09. The van der Waals surface area contributed by atoms with Gasteiger partial charge in [0, 0.05) is 27.3 Å². The minimum Gasteiger partial charge on any atom is -0.354 e. The van der Waals surface area contributed by atoms with E-state index in [0.717, 1.165) is 0 Å². The van der Waals surface area contributed by atoms with Crippen LogP contribution < -0.4 is 0 Å². The van der Waals surface area contributed by atoms with Crippen LogP contribution in [0.2, 0.25) is 0 Å². The third-order valence-electron chi connectivity index (χ3n) is 8.08. The van der Waals surface area contributed by atoms with Crippen molar-refractivity contribution in [3.05, 3.63) is 108 Å². The Hall–Kier alpha value is -4.10. The number of hydrogen-bond acceptors (Lipinski definition) is 0. The van der Waals surface area contributed by atoms with Crippen LogP contribution in [0.3, 0.4) is 0 Å². The van der Waals surface area contributed by atoms with Crippen molar-refractivity contribution in [1.29, 1.82) is 0 Å². The third kappa shape index (κ3) is 2.11. The summed E-state index contributed by atoms with van der Waals surface area (Å²) in [4.78, 5) is 3.89. The Bertz CT molecular complexity index is 1980. The number of rotatable bonds is 0. The van der Waals surface area contributed by atoms with Gasteiger partial charge in [-0.25, -0.2) is 0 Å². The lowest BCUT2D eigenvalue weighted by Crippen LogP contribution is -2.16. The second kappa shape index (κ2) is 6.07. The monoisotopic (exact) mass is 433 g/mol. The van der Waals surface area contributed by atoms with Crippen LogP contribution in [0.25, 0.3) is 65.3 Å². The van der Waals surface area contributed by atoms with Gasteiger partial charge in [0.1, 0.15) is 0 Å². The number of aromatic amines is 1. The van der Waals surface area contributed by atoms with E-state index in [1.807, 2.05) is 0 Å². The summed E-state index contributed by atoms with van der Waals surface area (Å²) < 4.78 is 0. The maximum Gasteiger partial charge on any atom is 0.0554 e. The van der Waals surface area contributed by atoms with Crippen molar-refractivity contribution in [3.63, 3.8) is 0 Å². The van der Waals surface area contributed by atoms with Crippen molar-refractivity contribution < 1.29 is 0 Å². The fourth-order valence-corrected chi connectivity index (χ4v) is 6.73. The molecule has 0 aliphatic heterocycles. The highest BCUT2D eigenvalue weighted by molar-refractivity contribution is 6.28. The van der Waals surface area contributed by atoms with Gasteiger partial charge >= 0.3 is 0 Å². The van der Waals surface area contributed by atoms with Crippen molar-refractivity contribution in [2.45, 2.75) is 19.3 Å². The molecule has 0 unspecified atom stereocenters. The molecule has 0 fully saturated rings. The second-order valence-electron chi connectivity index (χ2n) is 10.2. The summed E-state index contributed by atoms with van der Waals surface area (Å²) in [5, 5.41) is 10.6. The van der Waals surface area contributed by atoms with E-state index in [1.165, 1.54) is 76.4 Å². The van der Waals surface area contributed by atoms with Gasteiger partial charge in [0.15, 0.2) is 0 Å². The molecule has 1 N–H and O–H groups in total. The Balaban J connectivity index is 1.65. The predicted molar refractivity (Wildman–Crippen MR) is 146 cm³/mol. The molecule has 1 nitrogen and oxygen atoms in total. The summed E-state index contributed by atoms with van der Waals surface area (Å²) in [7, 11) is 0. The molecule has 1 heteroatoms. The highest BCUT2D eigenvalue weighted by Crippen LogP contribution is 2.56. The first-order valence-electron chi connectivity index (χ1n) is 12.0. The van der Waals surface area contributed by atoms with Gasteiger partial charge in [0.25, 0.3) is 0 Å². The number of H-pyrrole nitrogens is 1. The summed E-state index contributed by atoms with van der Waals surface area (Å²) >= 11 is 0. The minimum absolute atomic E-state index is 0.0959. The molecule has 8 rings (SSSR count). The Morgan fingerprint density at radius 2 is 1.21 bits per heavy atom. The number of nitrogens with one attached hydrogen (secondary N) is 1.